The first-order chi connectivity index (χ1) is 10.6. The van der Waals surface area contributed by atoms with Crippen LogP contribution >= 0.6 is 0 Å². The number of benzene rings is 2. The highest BCUT2D eigenvalue weighted by atomic mass is 32.2. The first-order valence-electron chi connectivity index (χ1n) is 6.80. The van der Waals surface area contributed by atoms with Gasteiger partial charge in [-0.05, 0) is 29.8 Å². The van der Waals surface area contributed by atoms with Gasteiger partial charge in [0.15, 0.2) is 0 Å². The molecule has 0 amide bonds. The van der Waals surface area contributed by atoms with Gasteiger partial charge in [0.1, 0.15) is 5.75 Å². The molecule has 0 aliphatic carbocycles. The van der Waals surface area contributed by atoms with Gasteiger partial charge in [0.25, 0.3) is 0 Å². The van der Waals surface area contributed by atoms with Crippen LogP contribution in [-0.4, -0.2) is 34.8 Å². The minimum Gasteiger partial charge on any atom is -0.497 e. The molecule has 0 saturated carbocycles. The van der Waals surface area contributed by atoms with Crippen LogP contribution in [-0.2, 0) is 10.0 Å². The maximum atomic E-state index is 12.1. The molecule has 0 bridgehead atoms. The number of aliphatic imine (C=N–C) groups is 1. The molecule has 2 rings (SSSR count). The summed E-state index contributed by atoms with van der Waals surface area (Å²) in [6.45, 7) is 0.627. The number of hydrogen-bond acceptors (Lipinski definition) is 4. The molecule has 22 heavy (non-hydrogen) atoms. The normalized spacial score (nSPS) is 11.7. The Morgan fingerprint density at radius 3 is 2.41 bits per heavy atom. The van der Waals surface area contributed by atoms with Gasteiger partial charge in [0.05, 0.1) is 18.6 Å². The van der Waals surface area contributed by atoms with Crippen molar-refractivity contribution in [2.75, 3.05) is 20.2 Å². The van der Waals surface area contributed by atoms with Gasteiger partial charge in [-0.2, -0.15) is 0 Å². The van der Waals surface area contributed by atoms with E-state index in [1.165, 1.54) is 19.2 Å². The molecular formula is C16H18N2O3S. The van der Waals surface area contributed by atoms with E-state index in [0.717, 1.165) is 5.56 Å². The summed E-state index contributed by atoms with van der Waals surface area (Å²) in [5.74, 6) is 0.617. The minimum atomic E-state index is -3.51. The number of nitrogens with one attached hydrogen (secondary N) is 1. The van der Waals surface area contributed by atoms with Gasteiger partial charge in [0, 0.05) is 12.8 Å². The largest absolute Gasteiger partial charge is 0.497 e. The lowest BCUT2D eigenvalue weighted by Crippen LogP contribution is -2.26. The van der Waals surface area contributed by atoms with E-state index < -0.39 is 10.0 Å². The van der Waals surface area contributed by atoms with Crippen molar-refractivity contribution < 1.29 is 13.2 Å². The third-order valence-corrected chi connectivity index (χ3v) is 4.42. The van der Waals surface area contributed by atoms with Crippen molar-refractivity contribution in [1.82, 2.24) is 4.72 Å². The van der Waals surface area contributed by atoms with E-state index in [9.17, 15) is 8.42 Å². The standard InChI is InChI=1S/C16H18N2O3S/c1-21-15-7-9-16(10-8-15)22(19,20)18-12-11-17-13-14-5-3-2-4-6-14/h2-10,13,18H,11-12H2,1H3. The molecule has 0 aromatic heterocycles. The van der Waals surface area contributed by atoms with Crippen LogP contribution in [0, 0.1) is 0 Å². The number of ether oxygens (including phenoxy) is 1. The molecule has 5 nitrogen and oxygen atoms in total. The Morgan fingerprint density at radius 2 is 1.77 bits per heavy atom. The van der Waals surface area contributed by atoms with E-state index in [-0.39, 0.29) is 11.4 Å². The van der Waals surface area contributed by atoms with Gasteiger partial charge in [0.2, 0.25) is 10.0 Å². The quantitative estimate of drug-likeness (QED) is 0.628. The van der Waals surface area contributed by atoms with Crippen molar-refractivity contribution in [3.63, 3.8) is 0 Å². The summed E-state index contributed by atoms with van der Waals surface area (Å²) >= 11 is 0. The number of hydrogen-bond donors (Lipinski definition) is 1. The summed E-state index contributed by atoms with van der Waals surface area (Å²) in [6, 6.07) is 15.9. The van der Waals surface area contributed by atoms with Crippen molar-refractivity contribution >= 4 is 16.2 Å². The lowest BCUT2D eigenvalue weighted by molar-refractivity contribution is 0.414. The summed E-state index contributed by atoms with van der Waals surface area (Å²) < 4.78 is 31.6. The molecule has 0 radical (unpaired) electrons. The van der Waals surface area contributed by atoms with Crippen molar-refractivity contribution in [3.05, 3.63) is 60.2 Å². The summed E-state index contributed by atoms with van der Waals surface area (Å²) in [5.41, 5.74) is 0.987. The Morgan fingerprint density at radius 1 is 1.09 bits per heavy atom. The molecule has 0 saturated heterocycles. The van der Waals surface area contributed by atoms with Gasteiger partial charge in [-0.3, -0.25) is 4.99 Å². The number of methoxy groups -OCH3 is 1. The molecule has 0 aliphatic heterocycles. The predicted molar refractivity (Wildman–Crippen MR) is 87.1 cm³/mol. The maximum absolute atomic E-state index is 12.1. The highest BCUT2D eigenvalue weighted by molar-refractivity contribution is 7.89. The lowest BCUT2D eigenvalue weighted by Gasteiger charge is -2.06. The molecule has 0 unspecified atom stereocenters. The first kappa shape index (κ1) is 16.2. The smallest absolute Gasteiger partial charge is 0.240 e. The topological polar surface area (TPSA) is 67.8 Å². The van der Waals surface area contributed by atoms with Crippen molar-refractivity contribution in [3.8, 4) is 5.75 Å². The Kier molecular flexibility index (Phi) is 5.68. The van der Waals surface area contributed by atoms with Gasteiger partial charge >= 0.3 is 0 Å². The average molecular weight is 318 g/mol. The lowest BCUT2D eigenvalue weighted by atomic mass is 10.2. The molecule has 0 heterocycles. The van der Waals surface area contributed by atoms with Crippen molar-refractivity contribution in [2.45, 2.75) is 4.90 Å². The molecule has 116 valence electrons. The molecule has 0 fully saturated rings. The summed E-state index contributed by atoms with van der Waals surface area (Å²) in [6.07, 6.45) is 1.72. The first-order valence-corrected chi connectivity index (χ1v) is 8.29. The molecule has 2 aromatic carbocycles. The fourth-order valence-electron chi connectivity index (χ4n) is 1.79. The third-order valence-electron chi connectivity index (χ3n) is 2.94. The fourth-order valence-corrected chi connectivity index (χ4v) is 2.81. The summed E-state index contributed by atoms with van der Waals surface area (Å²) in [5, 5.41) is 0. The number of sulfonamides is 1. The predicted octanol–water partition coefficient (Wildman–Crippen LogP) is 2.09. The number of rotatable bonds is 7. The van der Waals surface area contributed by atoms with Crippen LogP contribution < -0.4 is 9.46 Å². The monoisotopic (exact) mass is 318 g/mol. The average Bonchev–Trinajstić information content (AvgIpc) is 2.55. The zero-order valence-corrected chi connectivity index (χ0v) is 13.1. The van der Waals surface area contributed by atoms with Crippen LogP contribution in [0.25, 0.3) is 0 Å². The molecule has 0 atom stereocenters. The fraction of sp³-hybridized carbons (Fsp3) is 0.188. The second-order valence-corrected chi connectivity index (χ2v) is 6.29. The van der Waals surface area contributed by atoms with Gasteiger partial charge in [-0.25, -0.2) is 13.1 Å². The molecule has 0 aliphatic rings. The summed E-state index contributed by atoms with van der Waals surface area (Å²) in [7, 11) is -1.98. The van der Waals surface area contributed by atoms with Crippen LogP contribution in [0.2, 0.25) is 0 Å². The highest BCUT2D eigenvalue weighted by Gasteiger charge is 2.12. The second-order valence-electron chi connectivity index (χ2n) is 4.52. The maximum Gasteiger partial charge on any atom is 0.240 e. The van der Waals surface area contributed by atoms with Crippen LogP contribution in [0.15, 0.2) is 64.5 Å². The zero-order valence-electron chi connectivity index (χ0n) is 12.3. The third kappa shape index (κ3) is 4.68. The van der Waals surface area contributed by atoms with E-state index in [1.807, 2.05) is 30.3 Å². The Balaban J connectivity index is 1.86. The molecule has 0 spiro atoms. The van der Waals surface area contributed by atoms with E-state index in [2.05, 4.69) is 9.71 Å². The van der Waals surface area contributed by atoms with Crippen LogP contribution in [0.3, 0.4) is 0 Å². The molecule has 2 aromatic rings. The zero-order chi connectivity index (χ0) is 15.8. The molecule has 6 heteroatoms. The van der Waals surface area contributed by atoms with Gasteiger partial charge in [-0.1, -0.05) is 30.3 Å². The van der Waals surface area contributed by atoms with E-state index >= 15 is 0 Å². The Hall–Kier alpha value is -2.18. The molecular weight excluding hydrogens is 300 g/mol. The van der Waals surface area contributed by atoms with E-state index in [4.69, 9.17) is 4.74 Å². The van der Waals surface area contributed by atoms with Crippen LogP contribution in [0.1, 0.15) is 5.56 Å². The Labute approximate surface area is 130 Å². The minimum absolute atomic E-state index is 0.209. The SMILES string of the molecule is COc1ccc(S(=O)(=O)NCCN=Cc2ccccc2)cc1. The van der Waals surface area contributed by atoms with Crippen molar-refractivity contribution in [1.29, 1.82) is 0 Å². The highest BCUT2D eigenvalue weighted by Crippen LogP contribution is 2.14. The van der Waals surface area contributed by atoms with E-state index in [1.54, 1.807) is 18.3 Å². The second kappa shape index (κ2) is 7.72. The van der Waals surface area contributed by atoms with Gasteiger partial charge < -0.3 is 4.74 Å². The number of nitrogens with zero attached hydrogens (tertiary/aromatic N) is 1. The summed E-state index contributed by atoms with van der Waals surface area (Å²) in [4.78, 5) is 4.40. The van der Waals surface area contributed by atoms with Crippen LogP contribution in [0.5, 0.6) is 5.75 Å². The molecule has 1 N–H and O–H groups in total. The van der Waals surface area contributed by atoms with Crippen LogP contribution in [0.4, 0.5) is 0 Å². The van der Waals surface area contributed by atoms with E-state index in [0.29, 0.717) is 12.3 Å². The van der Waals surface area contributed by atoms with Gasteiger partial charge in [-0.15, -0.1) is 0 Å². The Bertz CT molecular complexity index is 711. The van der Waals surface area contributed by atoms with Crippen molar-refractivity contribution in [2.24, 2.45) is 4.99 Å².